The van der Waals surface area contributed by atoms with Gasteiger partial charge in [0.1, 0.15) is 0 Å². The number of hydrogen-bond acceptors (Lipinski definition) is 4. The molecule has 2 aliphatic heterocycles. The number of sulfone groups is 1. The van der Waals surface area contributed by atoms with Gasteiger partial charge in [-0.15, -0.1) is 0 Å². The summed E-state index contributed by atoms with van der Waals surface area (Å²) in [5, 5.41) is 6.27. The van der Waals surface area contributed by atoms with E-state index < -0.39 is 20.8 Å². The van der Waals surface area contributed by atoms with Crippen molar-refractivity contribution in [3.05, 3.63) is 0 Å². The Kier molecular flexibility index (Phi) is 3.68. The lowest BCUT2D eigenvalue weighted by Crippen LogP contribution is -2.55. The Morgan fingerprint density at radius 3 is 2.42 bits per heavy atom. The number of rotatable bonds is 3. The third kappa shape index (κ3) is 2.79. The number of hydrogen-bond donors (Lipinski definition) is 2. The summed E-state index contributed by atoms with van der Waals surface area (Å²) in [6, 6.07) is 0. The van der Waals surface area contributed by atoms with Crippen LogP contribution in [0, 0.1) is 11.3 Å². The van der Waals surface area contributed by atoms with Gasteiger partial charge in [0.25, 0.3) is 0 Å². The quantitative estimate of drug-likeness (QED) is 0.784. The Hall–Kier alpha value is -0.620. The highest BCUT2D eigenvalue weighted by atomic mass is 32.2. The van der Waals surface area contributed by atoms with Crippen molar-refractivity contribution in [2.24, 2.45) is 11.3 Å². The van der Waals surface area contributed by atoms with Crippen LogP contribution >= 0.6 is 0 Å². The van der Waals surface area contributed by atoms with E-state index in [4.69, 9.17) is 0 Å². The van der Waals surface area contributed by atoms with Gasteiger partial charge < -0.3 is 10.6 Å². The first-order valence-corrected chi connectivity index (χ1v) is 8.75. The van der Waals surface area contributed by atoms with E-state index in [9.17, 15) is 13.2 Å². The van der Waals surface area contributed by atoms with Crippen LogP contribution in [0.5, 0.6) is 0 Å². The monoisotopic (exact) mass is 288 g/mol. The van der Waals surface area contributed by atoms with Crippen LogP contribution in [0.4, 0.5) is 0 Å². The fourth-order valence-electron chi connectivity index (χ4n) is 3.17. The summed E-state index contributed by atoms with van der Waals surface area (Å²) in [5.41, 5.74) is -0.990. The molecule has 0 spiro atoms. The van der Waals surface area contributed by atoms with Crippen LogP contribution in [-0.2, 0) is 14.6 Å². The zero-order valence-corrected chi connectivity index (χ0v) is 12.8. The Balaban J connectivity index is 2.13. The molecule has 0 aromatic rings. The predicted molar refractivity (Wildman–Crippen MR) is 74.6 cm³/mol. The summed E-state index contributed by atoms with van der Waals surface area (Å²) < 4.78 is 23.2. The number of amides is 1. The molecule has 5 nitrogen and oxygen atoms in total. The minimum atomic E-state index is -2.99. The van der Waals surface area contributed by atoms with Gasteiger partial charge in [-0.1, -0.05) is 13.8 Å². The maximum Gasteiger partial charge on any atom is 0.228 e. The van der Waals surface area contributed by atoms with Gasteiger partial charge in [-0.05, 0) is 32.2 Å². The summed E-state index contributed by atoms with van der Waals surface area (Å²) in [6.45, 7) is 7.48. The molecule has 2 atom stereocenters. The highest BCUT2D eigenvalue weighted by molar-refractivity contribution is 7.91. The smallest absolute Gasteiger partial charge is 0.228 e. The van der Waals surface area contributed by atoms with Gasteiger partial charge in [0.15, 0.2) is 9.84 Å². The number of carbonyl (C=O) groups is 1. The van der Waals surface area contributed by atoms with Crippen molar-refractivity contribution >= 4 is 15.7 Å². The van der Waals surface area contributed by atoms with E-state index >= 15 is 0 Å². The van der Waals surface area contributed by atoms with E-state index in [1.165, 1.54) is 0 Å². The molecule has 6 heteroatoms. The topological polar surface area (TPSA) is 75.3 Å². The molecule has 2 unspecified atom stereocenters. The maximum atomic E-state index is 12.6. The van der Waals surface area contributed by atoms with E-state index in [0.29, 0.717) is 13.0 Å². The molecule has 0 bridgehead atoms. The summed E-state index contributed by atoms with van der Waals surface area (Å²) in [7, 11) is -2.99. The lowest BCUT2D eigenvalue weighted by molar-refractivity contribution is -0.134. The summed E-state index contributed by atoms with van der Waals surface area (Å²) in [5.74, 6) is 0.487. The van der Waals surface area contributed by atoms with E-state index in [1.807, 2.05) is 6.92 Å². The molecular formula is C13H24N2O3S. The van der Waals surface area contributed by atoms with Crippen molar-refractivity contribution in [2.45, 2.75) is 39.2 Å². The van der Waals surface area contributed by atoms with Crippen molar-refractivity contribution in [3.63, 3.8) is 0 Å². The molecule has 0 aromatic carbocycles. The summed E-state index contributed by atoms with van der Waals surface area (Å²) in [6.07, 6.45) is 1.34. The van der Waals surface area contributed by atoms with Crippen molar-refractivity contribution in [2.75, 3.05) is 24.6 Å². The molecule has 2 fully saturated rings. The van der Waals surface area contributed by atoms with Gasteiger partial charge in [0.05, 0.1) is 22.5 Å². The standard InChI is InChI=1S/C13H24N2O3S/c1-10(2)13(4-6-14-8-13)11(16)15-12(3)5-7-19(17,18)9-12/h10,14H,4-9H2,1-3H3,(H,15,16). The zero-order valence-electron chi connectivity index (χ0n) is 12.0. The van der Waals surface area contributed by atoms with Crippen LogP contribution in [0.25, 0.3) is 0 Å². The second kappa shape index (κ2) is 4.74. The molecule has 110 valence electrons. The molecule has 2 aliphatic rings. The molecule has 2 rings (SSSR count). The molecule has 2 N–H and O–H groups in total. The highest BCUT2D eigenvalue weighted by Crippen LogP contribution is 2.35. The van der Waals surface area contributed by atoms with Gasteiger partial charge in [0.2, 0.25) is 5.91 Å². The molecule has 0 radical (unpaired) electrons. The van der Waals surface area contributed by atoms with Crippen LogP contribution in [0.15, 0.2) is 0 Å². The minimum absolute atomic E-state index is 0.00657. The van der Waals surface area contributed by atoms with Crippen molar-refractivity contribution < 1.29 is 13.2 Å². The highest BCUT2D eigenvalue weighted by Gasteiger charge is 2.48. The Morgan fingerprint density at radius 1 is 1.32 bits per heavy atom. The van der Waals surface area contributed by atoms with Gasteiger partial charge in [-0.25, -0.2) is 8.42 Å². The van der Waals surface area contributed by atoms with Gasteiger partial charge in [0, 0.05) is 6.54 Å². The molecule has 19 heavy (non-hydrogen) atoms. The first kappa shape index (κ1) is 14.8. The van der Waals surface area contributed by atoms with E-state index in [-0.39, 0.29) is 23.3 Å². The lowest BCUT2D eigenvalue weighted by Gasteiger charge is -2.35. The third-order valence-corrected chi connectivity index (χ3v) is 6.57. The SMILES string of the molecule is CC(C)C1(C(=O)NC2(C)CCS(=O)(=O)C2)CCNC1. The van der Waals surface area contributed by atoms with Gasteiger partial charge in [-0.2, -0.15) is 0 Å². The molecule has 0 aliphatic carbocycles. The fourth-order valence-corrected chi connectivity index (χ4v) is 5.26. The second-order valence-corrected chi connectivity index (χ2v) is 8.78. The van der Waals surface area contributed by atoms with Crippen LogP contribution in [0.1, 0.15) is 33.6 Å². The molecular weight excluding hydrogens is 264 g/mol. The Labute approximate surface area is 115 Å². The first-order valence-electron chi connectivity index (χ1n) is 6.93. The fraction of sp³-hybridized carbons (Fsp3) is 0.923. The van der Waals surface area contributed by atoms with Crippen LogP contribution in [0.2, 0.25) is 0 Å². The van der Waals surface area contributed by atoms with Gasteiger partial charge >= 0.3 is 0 Å². The average Bonchev–Trinajstić information content (AvgIpc) is 2.84. The average molecular weight is 288 g/mol. The number of nitrogens with one attached hydrogen (secondary N) is 2. The number of carbonyl (C=O) groups excluding carboxylic acids is 1. The summed E-state index contributed by atoms with van der Waals surface area (Å²) >= 11 is 0. The van der Waals surface area contributed by atoms with E-state index in [0.717, 1.165) is 13.0 Å². The summed E-state index contributed by atoms with van der Waals surface area (Å²) in [4.78, 5) is 12.6. The Bertz CT molecular complexity index is 466. The Morgan fingerprint density at radius 2 is 2.00 bits per heavy atom. The normalized spacial score (nSPS) is 37.7. The van der Waals surface area contributed by atoms with Crippen LogP contribution in [-0.4, -0.2) is 44.5 Å². The minimum Gasteiger partial charge on any atom is -0.349 e. The molecule has 2 heterocycles. The predicted octanol–water partition coefficient (Wildman–Crippen LogP) is 0.316. The van der Waals surface area contributed by atoms with Crippen molar-refractivity contribution in [3.8, 4) is 0 Å². The molecule has 0 aromatic heterocycles. The zero-order chi connectivity index (χ0) is 14.3. The van der Waals surface area contributed by atoms with Crippen molar-refractivity contribution in [1.82, 2.24) is 10.6 Å². The third-order valence-electron chi connectivity index (χ3n) is 4.66. The van der Waals surface area contributed by atoms with E-state index in [1.54, 1.807) is 0 Å². The molecule has 0 saturated carbocycles. The van der Waals surface area contributed by atoms with Crippen molar-refractivity contribution in [1.29, 1.82) is 0 Å². The van der Waals surface area contributed by atoms with Crippen LogP contribution < -0.4 is 10.6 Å². The second-order valence-electron chi connectivity index (χ2n) is 6.59. The van der Waals surface area contributed by atoms with E-state index in [2.05, 4.69) is 24.5 Å². The molecule has 1 amide bonds. The van der Waals surface area contributed by atoms with Crippen LogP contribution in [0.3, 0.4) is 0 Å². The maximum absolute atomic E-state index is 12.6. The van der Waals surface area contributed by atoms with Gasteiger partial charge in [-0.3, -0.25) is 4.79 Å². The largest absolute Gasteiger partial charge is 0.349 e. The first-order chi connectivity index (χ1) is 8.69. The molecule has 2 saturated heterocycles. The lowest BCUT2D eigenvalue weighted by atomic mass is 9.75.